The molecule has 16 heteroatoms. The van der Waals surface area contributed by atoms with Gasteiger partial charge in [0.05, 0.1) is 31.5 Å². The van der Waals surface area contributed by atoms with Crippen molar-refractivity contribution in [3.63, 3.8) is 0 Å². The number of hydrogen-bond acceptors (Lipinski definition) is 10. The van der Waals surface area contributed by atoms with Crippen molar-refractivity contribution in [2.75, 3.05) is 49.4 Å². The number of nitrogens with zero attached hydrogens (tertiary/aromatic N) is 1. The molecule has 2 saturated heterocycles. The number of urea groups is 1. The molecular formula is C43H62FN7O5S3. The van der Waals surface area contributed by atoms with E-state index in [2.05, 4.69) is 57.6 Å². The molecule has 3 aromatic rings. The molecule has 6 rings (SSSR count). The minimum atomic E-state index is -0.318. The maximum atomic E-state index is 13.7. The van der Waals surface area contributed by atoms with E-state index in [-0.39, 0.29) is 35.7 Å². The number of halogens is 1. The van der Waals surface area contributed by atoms with Gasteiger partial charge in [-0.05, 0) is 61.1 Å². The molecular weight excluding hydrogens is 810 g/mol. The number of ether oxygens (including phenoxy) is 2. The zero-order chi connectivity index (χ0) is 42.0. The topological polar surface area (TPSA) is 158 Å². The molecule has 4 unspecified atom stereocenters. The van der Waals surface area contributed by atoms with Crippen molar-refractivity contribution < 1.29 is 28.2 Å². The summed E-state index contributed by atoms with van der Waals surface area (Å²) in [5, 5.41) is 23.0. The standard InChI is InChI=1S/C35H44FN7O5S3.C8H18/c1-47-27-19-24-21(16-25-32(24)42-43-34(25)39-23-7-4-6-22(36)18-23)17-28(27)48-13-5-11-37-31(45)10-14-50-51-15-12-38-30(44)9-3-2-8-29-33-26(20-49-29)40-35(46)41-33;1-4-6-7-8(3)5-2/h4,6-7,17-19,26,29,33H,2-3,5,8-16,20H2,1H3,(H,37,45)(H,38,44)(H2,39,42,43)(H2,40,41,46);8H,4-7H2,1-3H3. The van der Waals surface area contributed by atoms with Crippen LogP contribution >= 0.6 is 33.3 Å². The van der Waals surface area contributed by atoms with Crippen LogP contribution in [0.1, 0.15) is 96.1 Å². The number of H-pyrrole nitrogens is 1. The average molecular weight is 872 g/mol. The van der Waals surface area contributed by atoms with Crippen molar-refractivity contribution in [3.8, 4) is 22.8 Å². The maximum Gasteiger partial charge on any atom is 0.315 e. The number of anilines is 2. The first-order valence-corrected chi connectivity index (χ1v) is 24.6. The summed E-state index contributed by atoms with van der Waals surface area (Å²) in [4.78, 5) is 36.0. The summed E-state index contributed by atoms with van der Waals surface area (Å²) in [6.07, 6.45) is 10.6. The van der Waals surface area contributed by atoms with Crippen LogP contribution in [-0.2, 0) is 16.0 Å². The Kier molecular flexibility index (Phi) is 19.2. The van der Waals surface area contributed by atoms with E-state index in [1.807, 2.05) is 23.9 Å². The van der Waals surface area contributed by atoms with Gasteiger partial charge in [0.25, 0.3) is 0 Å². The first-order valence-electron chi connectivity index (χ1n) is 21.1. The Morgan fingerprint density at radius 1 is 1.00 bits per heavy atom. The smallest absolute Gasteiger partial charge is 0.315 e. The van der Waals surface area contributed by atoms with Crippen LogP contribution in [0.25, 0.3) is 11.3 Å². The molecule has 4 amide bonds. The van der Waals surface area contributed by atoms with Gasteiger partial charge in [0.1, 0.15) is 5.82 Å². The minimum Gasteiger partial charge on any atom is -0.493 e. The second-order valence-electron chi connectivity index (χ2n) is 15.2. The lowest BCUT2D eigenvalue weighted by atomic mass is 10.0. The Balaban J connectivity index is 0.000000749. The van der Waals surface area contributed by atoms with Crippen LogP contribution in [0.3, 0.4) is 0 Å². The predicted octanol–water partition coefficient (Wildman–Crippen LogP) is 8.59. The summed E-state index contributed by atoms with van der Waals surface area (Å²) >= 11 is 1.90. The molecule has 0 saturated carbocycles. The largest absolute Gasteiger partial charge is 0.493 e. The van der Waals surface area contributed by atoms with Gasteiger partial charge in [-0.1, -0.05) is 80.5 Å². The van der Waals surface area contributed by atoms with E-state index >= 15 is 0 Å². The molecule has 4 atom stereocenters. The number of methoxy groups -OCH3 is 1. The summed E-state index contributed by atoms with van der Waals surface area (Å²) in [5.41, 5.74) is 4.58. The minimum absolute atomic E-state index is 0.00187. The van der Waals surface area contributed by atoms with Crippen LogP contribution in [0.4, 0.5) is 20.7 Å². The van der Waals surface area contributed by atoms with E-state index in [1.165, 1.54) is 37.8 Å². The molecule has 0 radical (unpaired) electrons. The van der Waals surface area contributed by atoms with Gasteiger partial charge in [-0.3, -0.25) is 14.7 Å². The summed E-state index contributed by atoms with van der Waals surface area (Å²) < 4.78 is 25.3. The normalized spacial score (nSPS) is 17.7. The van der Waals surface area contributed by atoms with E-state index < -0.39 is 0 Å². The fourth-order valence-corrected chi connectivity index (χ4v) is 10.6. The van der Waals surface area contributed by atoms with Crippen LogP contribution in [0.5, 0.6) is 11.5 Å². The number of fused-ring (bicyclic) bond motifs is 4. The van der Waals surface area contributed by atoms with Crippen LogP contribution in [0.15, 0.2) is 36.4 Å². The number of amides is 4. The Hall–Kier alpha value is -3.76. The highest BCUT2D eigenvalue weighted by molar-refractivity contribution is 8.76. The molecule has 0 bridgehead atoms. The van der Waals surface area contributed by atoms with Crippen molar-refractivity contribution in [1.82, 2.24) is 31.5 Å². The Morgan fingerprint density at radius 3 is 2.61 bits per heavy atom. The zero-order valence-corrected chi connectivity index (χ0v) is 37.3. The van der Waals surface area contributed by atoms with E-state index in [1.54, 1.807) is 40.8 Å². The van der Waals surface area contributed by atoms with E-state index in [4.69, 9.17) is 9.47 Å². The van der Waals surface area contributed by atoms with Crippen molar-refractivity contribution >= 4 is 62.7 Å². The van der Waals surface area contributed by atoms with Gasteiger partial charge in [-0.25, -0.2) is 9.18 Å². The number of nitrogens with one attached hydrogen (secondary N) is 6. The van der Waals surface area contributed by atoms with Crippen LogP contribution in [-0.4, -0.2) is 89.4 Å². The predicted molar refractivity (Wildman–Crippen MR) is 242 cm³/mol. The number of aromatic nitrogens is 2. The summed E-state index contributed by atoms with van der Waals surface area (Å²) in [5.74, 6) is 5.05. The highest BCUT2D eigenvalue weighted by Crippen LogP contribution is 2.44. The van der Waals surface area contributed by atoms with Crippen molar-refractivity contribution in [2.45, 2.75) is 109 Å². The molecule has 12 nitrogen and oxygen atoms in total. The van der Waals surface area contributed by atoms with Crippen LogP contribution < -0.4 is 36.1 Å². The van der Waals surface area contributed by atoms with Crippen LogP contribution in [0, 0.1) is 11.7 Å². The third kappa shape index (κ3) is 14.4. The molecule has 2 aromatic carbocycles. The molecule has 6 N–H and O–H groups in total. The highest BCUT2D eigenvalue weighted by Gasteiger charge is 2.42. The second kappa shape index (κ2) is 24.5. The van der Waals surface area contributed by atoms with Gasteiger partial charge < -0.3 is 36.1 Å². The molecule has 1 aliphatic carbocycles. The molecule has 324 valence electrons. The molecule has 3 aliphatic rings. The number of unbranched alkanes of at least 4 members (excludes halogenated alkanes) is 2. The number of hydrogen-bond donors (Lipinski definition) is 6. The van der Waals surface area contributed by atoms with E-state index in [9.17, 15) is 18.8 Å². The lowest BCUT2D eigenvalue weighted by Gasteiger charge is -2.16. The third-order valence-electron chi connectivity index (χ3n) is 10.7. The van der Waals surface area contributed by atoms with Gasteiger partial charge in [0.2, 0.25) is 11.8 Å². The number of carbonyl (C=O) groups excluding carboxylic acids is 3. The number of carbonyl (C=O) groups is 3. The Morgan fingerprint density at radius 2 is 1.81 bits per heavy atom. The van der Waals surface area contributed by atoms with E-state index in [0.717, 1.165) is 59.1 Å². The fraction of sp³-hybridized carbons (Fsp3) is 0.581. The van der Waals surface area contributed by atoms with Gasteiger partial charge in [0.15, 0.2) is 17.3 Å². The van der Waals surface area contributed by atoms with E-state index in [0.29, 0.717) is 79.4 Å². The van der Waals surface area contributed by atoms with Gasteiger partial charge in [-0.2, -0.15) is 16.9 Å². The zero-order valence-electron chi connectivity index (χ0n) is 34.9. The van der Waals surface area contributed by atoms with Crippen molar-refractivity contribution in [3.05, 3.63) is 53.3 Å². The average Bonchev–Trinajstić information content (AvgIpc) is 3.99. The van der Waals surface area contributed by atoms with Gasteiger partial charge in [0, 0.05) is 71.7 Å². The number of benzene rings is 2. The van der Waals surface area contributed by atoms with Crippen LogP contribution in [0.2, 0.25) is 0 Å². The molecule has 2 aliphatic heterocycles. The Labute approximate surface area is 361 Å². The second-order valence-corrected chi connectivity index (χ2v) is 19.2. The Bertz CT molecular complexity index is 1820. The van der Waals surface area contributed by atoms with Crippen molar-refractivity contribution in [2.24, 2.45) is 5.92 Å². The quantitative estimate of drug-likeness (QED) is 0.0229. The lowest BCUT2D eigenvalue weighted by molar-refractivity contribution is -0.121. The number of rotatable bonds is 24. The van der Waals surface area contributed by atoms with Crippen molar-refractivity contribution in [1.29, 1.82) is 0 Å². The summed E-state index contributed by atoms with van der Waals surface area (Å²) in [6.45, 7) is 8.38. The summed E-state index contributed by atoms with van der Waals surface area (Å²) in [7, 11) is 4.89. The van der Waals surface area contributed by atoms with Gasteiger partial charge >= 0.3 is 6.03 Å². The third-order valence-corrected chi connectivity index (χ3v) is 14.6. The molecule has 59 heavy (non-hydrogen) atoms. The molecule has 1 aromatic heterocycles. The first kappa shape index (κ1) is 46.3. The lowest BCUT2D eigenvalue weighted by Crippen LogP contribution is -2.36. The van der Waals surface area contributed by atoms with Gasteiger partial charge in [-0.15, -0.1) is 0 Å². The summed E-state index contributed by atoms with van der Waals surface area (Å²) in [6, 6.07) is 10.6. The molecule has 2 fully saturated rings. The highest BCUT2D eigenvalue weighted by atomic mass is 33.1. The first-order chi connectivity index (χ1) is 28.7. The monoisotopic (exact) mass is 871 g/mol. The molecule has 0 spiro atoms. The fourth-order valence-electron chi connectivity index (χ4n) is 7.18. The number of thioether (sulfide) groups is 1. The number of aromatic amines is 1. The molecule has 3 heterocycles. The SMILES string of the molecule is CCCCC(C)CC.COc1cc2c(cc1OCCCNC(=O)CCSSCCNC(=O)CCCCC1SCC3NC(=O)NC31)Cc1c(Nc3cccc(F)c3)n[nH]c1-2. The maximum absolute atomic E-state index is 13.7.